The van der Waals surface area contributed by atoms with Gasteiger partial charge in [0.2, 0.25) is 0 Å². The maximum absolute atomic E-state index is 13.4. The molecule has 2 aromatic carbocycles. The lowest BCUT2D eigenvalue weighted by Gasteiger charge is -2.24. The van der Waals surface area contributed by atoms with Crippen molar-refractivity contribution in [2.24, 2.45) is 5.92 Å². The Hall–Kier alpha value is -2.62. The summed E-state index contributed by atoms with van der Waals surface area (Å²) in [6.07, 6.45) is 2.51. The first-order valence-electron chi connectivity index (χ1n) is 7.24. The maximum atomic E-state index is 13.4. The van der Waals surface area contributed by atoms with Gasteiger partial charge in [0.05, 0.1) is 18.1 Å². The molecule has 1 aliphatic heterocycles. The van der Waals surface area contributed by atoms with Crippen LogP contribution in [0, 0.1) is 11.7 Å². The third-order valence-corrected chi connectivity index (χ3v) is 4.16. The van der Waals surface area contributed by atoms with Crippen LogP contribution in [-0.4, -0.2) is 17.4 Å². The predicted octanol–water partition coefficient (Wildman–Crippen LogP) is 3.74. The molecular formula is C18H14FNO2. The molecule has 3 aromatic rings. The van der Waals surface area contributed by atoms with Gasteiger partial charge in [0.25, 0.3) is 0 Å². The Morgan fingerprint density at radius 1 is 1.23 bits per heavy atom. The largest absolute Gasteiger partial charge is 0.492 e. The van der Waals surface area contributed by atoms with Gasteiger partial charge in [0, 0.05) is 17.1 Å². The van der Waals surface area contributed by atoms with Crippen molar-refractivity contribution < 1.29 is 13.9 Å². The topological polar surface area (TPSA) is 42.1 Å². The molecule has 0 radical (unpaired) electrons. The first kappa shape index (κ1) is 13.1. The standard InChI is InChI=1S/C18H14FNO2/c19-13-5-6-17-15(8-13)18(21)12(10-22-17)7-11-9-20-16-4-2-1-3-14(11)16/h1-6,8-9,12,20H,7,10H2/t12-/m0/s1. The van der Waals surface area contributed by atoms with Gasteiger partial charge in [0.1, 0.15) is 11.6 Å². The summed E-state index contributed by atoms with van der Waals surface area (Å²) in [5.74, 6) is -0.274. The van der Waals surface area contributed by atoms with E-state index in [2.05, 4.69) is 4.98 Å². The van der Waals surface area contributed by atoms with Crippen LogP contribution in [0.3, 0.4) is 0 Å². The van der Waals surface area contributed by atoms with E-state index in [9.17, 15) is 9.18 Å². The Kier molecular flexibility index (Phi) is 2.96. The summed E-state index contributed by atoms with van der Waals surface area (Å²) < 4.78 is 19.0. The van der Waals surface area contributed by atoms with Gasteiger partial charge in [-0.2, -0.15) is 0 Å². The normalized spacial score (nSPS) is 17.3. The van der Waals surface area contributed by atoms with E-state index in [1.165, 1.54) is 18.2 Å². The van der Waals surface area contributed by atoms with Crippen molar-refractivity contribution in [2.45, 2.75) is 6.42 Å². The van der Waals surface area contributed by atoms with Crippen LogP contribution in [0.15, 0.2) is 48.7 Å². The molecule has 3 nitrogen and oxygen atoms in total. The molecule has 1 aliphatic rings. The number of halogens is 1. The highest BCUT2D eigenvalue weighted by Gasteiger charge is 2.29. The van der Waals surface area contributed by atoms with Crippen molar-refractivity contribution in [3.63, 3.8) is 0 Å². The Bertz CT molecular complexity index is 868. The molecule has 0 aliphatic carbocycles. The number of ketones is 1. The fraction of sp³-hybridized carbons (Fsp3) is 0.167. The van der Waals surface area contributed by atoms with E-state index in [0.717, 1.165) is 16.5 Å². The number of hydrogen-bond donors (Lipinski definition) is 1. The average Bonchev–Trinajstić information content (AvgIpc) is 2.94. The van der Waals surface area contributed by atoms with Gasteiger partial charge in [-0.15, -0.1) is 0 Å². The van der Waals surface area contributed by atoms with Crippen LogP contribution in [0.25, 0.3) is 10.9 Å². The number of hydrogen-bond acceptors (Lipinski definition) is 2. The van der Waals surface area contributed by atoms with Crippen molar-refractivity contribution in [1.82, 2.24) is 4.98 Å². The lowest BCUT2D eigenvalue weighted by molar-refractivity contribution is 0.0830. The minimum absolute atomic E-state index is 0.0500. The zero-order chi connectivity index (χ0) is 15.1. The Morgan fingerprint density at radius 2 is 2.09 bits per heavy atom. The van der Waals surface area contributed by atoms with E-state index in [1.807, 2.05) is 30.5 Å². The summed E-state index contributed by atoms with van der Waals surface area (Å²) in [4.78, 5) is 15.8. The maximum Gasteiger partial charge on any atom is 0.173 e. The lowest BCUT2D eigenvalue weighted by atomic mass is 9.89. The number of H-pyrrole nitrogens is 1. The van der Waals surface area contributed by atoms with Crippen molar-refractivity contribution in [2.75, 3.05) is 6.61 Å². The summed E-state index contributed by atoms with van der Waals surface area (Å²) >= 11 is 0. The molecule has 0 saturated carbocycles. The Labute approximate surface area is 126 Å². The predicted molar refractivity (Wildman–Crippen MR) is 81.7 cm³/mol. The molecule has 4 heteroatoms. The van der Waals surface area contributed by atoms with Gasteiger partial charge in [0.15, 0.2) is 5.78 Å². The van der Waals surface area contributed by atoms with Crippen LogP contribution in [-0.2, 0) is 6.42 Å². The molecule has 0 saturated heterocycles. The SMILES string of the molecule is O=C1c2cc(F)ccc2OC[C@@H]1Cc1c[nH]c2ccccc12. The number of carbonyl (C=O) groups is 1. The van der Waals surface area contributed by atoms with Crippen molar-refractivity contribution in [1.29, 1.82) is 0 Å². The monoisotopic (exact) mass is 295 g/mol. The summed E-state index contributed by atoms with van der Waals surface area (Å²) in [6.45, 7) is 0.330. The highest BCUT2D eigenvalue weighted by Crippen LogP contribution is 2.30. The van der Waals surface area contributed by atoms with Gasteiger partial charge in [-0.05, 0) is 36.2 Å². The number of fused-ring (bicyclic) bond motifs is 2. The number of para-hydroxylation sites is 1. The van der Waals surface area contributed by atoms with E-state index in [-0.39, 0.29) is 11.7 Å². The van der Waals surface area contributed by atoms with Crippen LogP contribution in [0.2, 0.25) is 0 Å². The molecular weight excluding hydrogens is 281 g/mol. The van der Waals surface area contributed by atoms with Crippen LogP contribution in [0.1, 0.15) is 15.9 Å². The number of carbonyl (C=O) groups excluding carboxylic acids is 1. The lowest BCUT2D eigenvalue weighted by Crippen LogP contribution is -2.29. The highest BCUT2D eigenvalue weighted by molar-refractivity contribution is 6.01. The molecule has 110 valence electrons. The van der Waals surface area contributed by atoms with Gasteiger partial charge in [-0.1, -0.05) is 18.2 Å². The van der Waals surface area contributed by atoms with Gasteiger partial charge in [-0.3, -0.25) is 4.79 Å². The molecule has 0 amide bonds. The number of aromatic nitrogens is 1. The molecule has 1 N–H and O–H groups in total. The average molecular weight is 295 g/mol. The molecule has 2 heterocycles. The summed E-state index contributed by atoms with van der Waals surface area (Å²) in [6, 6.07) is 12.1. The molecule has 0 bridgehead atoms. The number of Topliss-reactive ketones (excluding diaryl/α,β-unsaturated/α-hetero) is 1. The fourth-order valence-electron chi connectivity index (χ4n) is 3.02. The number of ether oxygens (including phenoxy) is 1. The quantitative estimate of drug-likeness (QED) is 0.782. The smallest absolute Gasteiger partial charge is 0.173 e. The van der Waals surface area contributed by atoms with Crippen molar-refractivity contribution in [3.05, 3.63) is 65.6 Å². The second kappa shape index (κ2) is 4.98. The first-order chi connectivity index (χ1) is 10.7. The highest BCUT2D eigenvalue weighted by atomic mass is 19.1. The second-order valence-electron chi connectivity index (χ2n) is 5.58. The summed E-state index contributed by atoms with van der Waals surface area (Å²) in [7, 11) is 0. The molecule has 0 unspecified atom stereocenters. The summed E-state index contributed by atoms with van der Waals surface area (Å²) in [5.41, 5.74) is 2.47. The van der Waals surface area contributed by atoms with Crippen molar-refractivity contribution >= 4 is 16.7 Å². The van der Waals surface area contributed by atoms with Gasteiger partial charge < -0.3 is 9.72 Å². The fourth-order valence-corrected chi connectivity index (χ4v) is 3.02. The number of benzene rings is 2. The van der Waals surface area contributed by atoms with Gasteiger partial charge >= 0.3 is 0 Å². The number of nitrogens with one attached hydrogen (secondary N) is 1. The summed E-state index contributed by atoms with van der Waals surface area (Å²) in [5, 5.41) is 1.11. The third kappa shape index (κ3) is 2.08. The second-order valence-corrected chi connectivity index (χ2v) is 5.58. The minimum Gasteiger partial charge on any atom is -0.492 e. The Morgan fingerprint density at radius 3 is 3.00 bits per heavy atom. The number of aromatic amines is 1. The molecule has 0 spiro atoms. The zero-order valence-corrected chi connectivity index (χ0v) is 11.8. The molecule has 1 atom stereocenters. The zero-order valence-electron chi connectivity index (χ0n) is 11.8. The number of rotatable bonds is 2. The molecule has 22 heavy (non-hydrogen) atoms. The van der Waals surface area contributed by atoms with E-state index in [1.54, 1.807) is 0 Å². The Balaban J connectivity index is 1.66. The van der Waals surface area contributed by atoms with Gasteiger partial charge in [-0.25, -0.2) is 4.39 Å². The van der Waals surface area contributed by atoms with E-state index in [4.69, 9.17) is 4.74 Å². The van der Waals surface area contributed by atoms with Crippen LogP contribution in [0.5, 0.6) is 5.75 Å². The first-order valence-corrected chi connectivity index (χ1v) is 7.24. The van der Waals surface area contributed by atoms with Crippen LogP contribution < -0.4 is 4.74 Å². The van der Waals surface area contributed by atoms with E-state index >= 15 is 0 Å². The minimum atomic E-state index is -0.413. The van der Waals surface area contributed by atoms with Crippen LogP contribution >= 0.6 is 0 Å². The van der Waals surface area contributed by atoms with Crippen molar-refractivity contribution in [3.8, 4) is 5.75 Å². The molecule has 4 rings (SSSR count). The van der Waals surface area contributed by atoms with E-state index in [0.29, 0.717) is 24.3 Å². The molecule has 1 aromatic heterocycles. The van der Waals surface area contributed by atoms with Crippen LogP contribution in [0.4, 0.5) is 4.39 Å². The molecule has 0 fully saturated rings. The third-order valence-electron chi connectivity index (χ3n) is 4.16. The van der Waals surface area contributed by atoms with E-state index < -0.39 is 5.82 Å².